The molecule has 2 N–H and O–H groups in total. The van der Waals surface area contributed by atoms with Gasteiger partial charge in [-0.25, -0.2) is 9.59 Å². The van der Waals surface area contributed by atoms with E-state index in [9.17, 15) is 14.7 Å². The number of aryl methyl sites for hydroxylation is 1. The lowest BCUT2D eigenvalue weighted by Crippen LogP contribution is -2.05. The molecule has 1 aromatic heterocycles. The Morgan fingerprint density at radius 2 is 2.05 bits per heavy atom. The number of anilines is 1. The van der Waals surface area contributed by atoms with Crippen LogP contribution in [-0.4, -0.2) is 30.4 Å². The maximum Gasteiger partial charge on any atom is 0.345 e. The topological polar surface area (TPSA) is 75.6 Å². The molecule has 0 radical (unpaired) electrons. The molecule has 0 aliphatic heterocycles. The summed E-state index contributed by atoms with van der Waals surface area (Å²) in [5.74, 6) is -1.44. The molecule has 0 spiro atoms. The quantitative estimate of drug-likeness (QED) is 0.643. The molecule has 0 fully saturated rings. The van der Waals surface area contributed by atoms with Gasteiger partial charge in [-0.05, 0) is 25.7 Å². The van der Waals surface area contributed by atoms with Crippen molar-refractivity contribution in [3.63, 3.8) is 0 Å². The van der Waals surface area contributed by atoms with Gasteiger partial charge in [0.1, 0.15) is 9.91 Å². The van der Waals surface area contributed by atoms with E-state index < -0.39 is 11.9 Å². The highest BCUT2D eigenvalue weighted by Gasteiger charge is 2.18. The van der Waals surface area contributed by atoms with E-state index in [-0.39, 0.29) is 5.56 Å². The van der Waals surface area contributed by atoms with Crippen molar-refractivity contribution < 1.29 is 19.4 Å². The van der Waals surface area contributed by atoms with Crippen LogP contribution in [-0.2, 0) is 9.53 Å². The summed E-state index contributed by atoms with van der Waals surface area (Å²) < 4.78 is 4.62. The molecule has 0 aliphatic carbocycles. The Bertz CT molecular complexity index is 534. The maximum absolute atomic E-state index is 11.4. The number of hydrogen-bond acceptors (Lipinski definition) is 6. The van der Waals surface area contributed by atoms with Crippen LogP contribution in [0.25, 0.3) is 0 Å². The fourth-order valence-corrected chi connectivity index (χ4v) is 2.87. The molecular weight excluding hydrogens is 286 g/mol. The third-order valence-corrected chi connectivity index (χ3v) is 4.40. The molecule has 0 amide bonds. The molecule has 0 bridgehead atoms. The maximum atomic E-state index is 11.4. The number of rotatable bonds is 5. The summed E-state index contributed by atoms with van der Waals surface area (Å²) in [7, 11) is 1.30. The van der Waals surface area contributed by atoms with Gasteiger partial charge < -0.3 is 15.2 Å². The average molecular weight is 301 g/mol. The Morgan fingerprint density at radius 3 is 2.53 bits per heavy atom. The molecule has 5 nitrogen and oxygen atoms in total. The van der Waals surface area contributed by atoms with E-state index in [4.69, 9.17) is 0 Å². The van der Waals surface area contributed by atoms with Crippen molar-refractivity contribution in [3.05, 3.63) is 27.1 Å². The standard InChI is InChI=1S/C12H15NO4S2/c1-6-7(2)19-10(9(6)11(14)15)13-5-8(18-4)12(16)17-3/h5,13H,1-4H3,(H,14,15). The van der Waals surface area contributed by atoms with Gasteiger partial charge in [-0.3, -0.25) is 0 Å². The lowest BCUT2D eigenvalue weighted by Gasteiger charge is -2.04. The lowest BCUT2D eigenvalue weighted by molar-refractivity contribution is -0.135. The Kier molecular flexibility index (Phi) is 5.44. The highest BCUT2D eigenvalue weighted by Crippen LogP contribution is 2.32. The second-order valence-electron chi connectivity index (χ2n) is 3.64. The van der Waals surface area contributed by atoms with Crippen molar-refractivity contribution in [2.24, 2.45) is 0 Å². The van der Waals surface area contributed by atoms with Crippen LogP contribution in [0, 0.1) is 13.8 Å². The summed E-state index contributed by atoms with van der Waals surface area (Å²) >= 11 is 2.57. The summed E-state index contributed by atoms with van der Waals surface area (Å²) in [5, 5.41) is 12.6. The number of hydrogen-bond donors (Lipinski definition) is 2. The smallest absolute Gasteiger partial charge is 0.345 e. The van der Waals surface area contributed by atoms with Gasteiger partial charge >= 0.3 is 11.9 Å². The first-order valence-corrected chi connectivity index (χ1v) is 7.38. The number of carboxylic acid groups (broad SMARTS) is 1. The Hall–Kier alpha value is -1.47. The second kappa shape index (κ2) is 6.63. The number of nitrogens with one attached hydrogen (secondary N) is 1. The van der Waals surface area contributed by atoms with Crippen molar-refractivity contribution >= 4 is 40.0 Å². The number of aromatic carboxylic acids is 1. The molecule has 1 rings (SSSR count). The van der Waals surface area contributed by atoms with Crippen LogP contribution in [0.2, 0.25) is 0 Å². The summed E-state index contributed by atoms with van der Waals surface area (Å²) in [6.45, 7) is 3.62. The van der Waals surface area contributed by atoms with Crippen molar-refractivity contribution in [2.45, 2.75) is 13.8 Å². The third kappa shape index (κ3) is 3.51. The molecule has 0 aliphatic rings. The number of thioether (sulfide) groups is 1. The highest BCUT2D eigenvalue weighted by molar-refractivity contribution is 8.03. The van der Waals surface area contributed by atoms with E-state index in [1.807, 2.05) is 6.92 Å². The van der Waals surface area contributed by atoms with Gasteiger partial charge in [0.2, 0.25) is 0 Å². The highest BCUT2D eigenvalue weighted by atomic mass is 32.2. The van der Waals surface area contributed by atoms with Crippen LogP contribution in [0.1, 0.15) is 20.8 Å². The SMILES string of the molecule is COC(=O)C(=CNc1sc(C)c(C)c1C(=O)O)SC. The lowest BCUT2D eigenvalue weighted by atomic mass is 10.1. The zero-order valence-electron chi connectivity index (χ0n) is 11.1. The minimum atomic E-state index is -0.985. The predicted molar refractivity (Wildman–Crippen MR) is 78.0 cm³/mol. The monoisotopic (exact) mass is 301 g/mol. The zero-order valence-corrected chi connectivity index (χ0v) is 12.7. The van der Waals surface area contributed by atoms with E-state index >= 15 is 0 Å². The first-order valence-electron chi connectivity index (χ1n) is 5.34. The fraction of sp³-hybridized carbons (Fsp3) is 0.333. The number of methoxy groups -OCH3 is 1. The van der Waals surface area contributed by atoms with Crippen molar-refractivity contribution in [2.75, 3.05) is 18.7 Å². The Balaban J connectivity index is 3.06. The third-order valence-electron chi connectivity index (χ3n) is 2.54. The molecule has 19 heavy (non-hydrogen) atoms. The van der Waals surface area contributed by atoms with Crippen LogP contribution >= 0.6 is 23.1 Å². The fourth-order valence-electron chi connectivity index (χ4n) is 1.42. The predicted octanol–water partition coefficient (Wildman–Crippen LogP) is 2.85. The molecule has 0 atom stereocenters. The molecule has 0 unspecified atom stereocenters. The van der Waals surface area contributed by atoms with Gasteiger partial charge in [-0.1, -0.05) is 0 Å². The van der Waals surface area contributed by atoms with Crippen LogP contribution in [0.15, 0.2) is 11.1 Å². The Morgan fingerprint density at radius 1 is 1.42 bits per heavy atom. The number of carbonyl (C=O) groups excluding carboxylic acids is 1. The van der Waals surface area contributed by atoms with Gasteiger partial charge in [-0.15, -0.1) is 23.1 Å². The van der Waals surface area contributed by atoms with E-state index in [0.29, 0.717) is 9.91 Å². The number of esters is 1. The normalized spacial score (nSPS) is 11.3. The molecule has 1 heterocycles. The number of thiophene rings is 1. The van der Waals surface area contributed by atoms with Crippen LogP contribution < -0.4 is 5.32 Å². The van der Waals surface area contributed by atoms with Crippen LogP contribution in [0.5, 0.6) is 0 Å². The molecule has 0 aromatic carbocycles. The summed E-state index contributed by atoms with van der Waals surface area (Å²) in [6, 6.07) is 0. The largest absolute Gasteiger partial charge is 0.478 e. The van der Waals surface area contributed by atoms with E-state index in [1.54, 1.807) is 13.2 Å². The minimum absolute atomic E-state index is 0.240. The summed E-state index contributed by atoms with van der Waals surface area (Å²) in [4.78, 5) is 23.9. The second-order valence-corrected chi connectivity index (χ2v) is 5.71. The van der Waals surface area contributed by atoms with Gasteiger partial charge in [0.05, 0.1) is 12.7 Å². The van der Waals surface area contributed by atoms with Crippen LogP contribution in [0.4, 0.5) is 5.00 Å². The summed E-state index contributed by atoms with van der Waals surface area (Å²) in [5.41, 5.74) is 0.973. The van der Waals surface area contributed by atoms with Gasteiger partial charge in [0, 0.05) is 11.1 Å². The zero-order chi connectivity index (χ0) is 14.6. The molecular formula is C12H15NO4S2. The van der Waals surface area contributed by atoms with Crippen molar-refractivity contribution in [3.8, 4) is 0 Å². The number of carbonyl (C=O) groups is 2. The van der Waals surface area contributed by atoms with E-state index in [2.05, 4.69) is 10.1 Å². The first kappa shape index (κ1) is 15.6. The van der Waals surface area contributed by atoms with Crippen molar-refractivity contribution in [1.29, 1.82) is 0 Å². The molecule has 1 aromatic rings. The minimum Gasteiger partial charge on any atom is -0.478 e. The average Bonchev–Trinajstić information content (AvgIpc) is 2.65. The molecule has 104 valence electrons. The number of carboxylic acids is 1. The number of ether oxygens (including phenoxy) is 1. The first-order chi connectivity index (χ1) is 8.92. The van der Waals surface area contributed by atoms with Crippen molar-refractivity contribution in [1.82, 2.24) is 0 Å². The molecule has 0 saturated heterocycles. The molecule has 0 saturated carbocycles. The van der Waals surface area contributed by atoms with Crippen LogP contribution in [0.3, 0.4) is 0 Å². The van der Waals surface area contributed by atoms with Gasteiger partial charge in [-0.2, -0.15) is 0 Å². The molecule has 7 heteroatoms. The van der Waals surface area contributed by atoms with E-state index in [0.717, 1.165) is 10.4 Å². The Labute approximate surface area is 119 Å². The summed E-state index contributed by atoms with van der Waals surface area (Å²) in [6.07, 6.45) is 3.21. The van der Waals surface area contributed by atoms with E-state index in [1.165, 1.54) is 36.4 Å². The van der Waals surface area contributed by atoms with Gasteiger partial charge in [0.25, 0.3) is 0 Å². The van der Waals surface area contributed by atoms with Gasteiger partial charge in [0.15, 0.2) is 0 Å².